The molecule has 0 spiro atoms. The van der Waals surface area contributed by atoms with E-state index in [-0.39, 0.29) is 11.7 Å². The molecule has 112 valence electrons. The summed E-state index contributed by atoms with van der Waals surface area (Å²) in [6, 6.07) is 5.98. The van der Waals surface area contributed by atoms with Gasteiger partial charge in [-0.2, -0.15) is 0 Å². The lowest BCUT2D eigenvalue weighted by Gasteiger charge is -2.33. The van der Waals surface area contributed by atoms with Crippen molar-refractivity contribution < 1.29 is 19.5 Å². The first-order valence-electron chi connectivity index (χ1n) is 6.62. The first-order chi connectivity index (χ1) is 9.97. The van der Waals surface area contributed by atoms with Gasteiger partial charge >= 0.3 is 11.8 Å². The van der Waals surface area contributed by atoms with Crippen LogP contribution in [0.15, 0.2) is 24.3 Å². The fraction of sp³-hybridized carbons (Fsp3) is 0.357. The molecular weight excluding hydrogens is 274 g/mol. The maximum atomic E-state index is 12.0. The second-order valence-electron chi connectivity index (χ2n) is 4.80. The van der Waals surface area contributed by atoms with E-state index in [0.29, 0.717) is 31.9 Å². The molecule has 21 heavy (non-hydrogen) atoms. The van der Waals surface area contributed by atoms with Crippen LogP contribution in [-0.2, 0) is 14.4 Å². The van der Waals surface area contributed by atoms with E-state index in [1.807, 2.05) is 0 Å². The van der Waals surface area contributed by atoms with E-state index in [4.69, 9.17) is 0 Å². The Morgan fingerprint density at radius 2 is 1.71 bits per heavy atom. The van der Waals surface area contributed by atoms with Crippen molar-refractivity contribution in [2.24, 2.45) is 0 Å². The zero-order valence-corrected chi connectivity index (χ0v) is 11.7. The van der Waals surface area contributed by atoms with Gasteiger partial charge in [0, 0.05) is 44.9 Å². The third-order valence-electron chi connectivity index (χ3n) is 3.31. The number of piperazine rings is 1. The number of hydrogen-bond acceptors (Lipinski definition) is 4. The van der Waals surface area contributed by atoms with E-state index < -0.39 is 11.8 Å². The van der Waals surface area contributed by atoms with Crippen LogP contribution >= 0.6 is 0 Å². The molecule has 1 aromatic carbocycles. The van der Waals surface area contributed by atoms with Gasteiger partial charge in [-0.05, 0) is 12.1 Å². The number of nitrogens with one attached hydrogen (secondary N) is 1. The van der Waals surface area contributed by atoms with Crippen molar-refractivity contribution in [3.05, 3.63) is 24.3 Å². The zero-order valence-electron chi connectivity index (χ0n) is 11.7. The third-order valence-corrected chi connectivity index (χ3v) is 3.31. The van der Waals surface area contributed by atoms with E-state index >= 15 is 0 Å². The van der Waals surface area contributed by atoms with Gasteiger partial charge in [-0.25, -0.2) is 0 Å². The molecule has 0 bridgehead atoms. The first kappa shape index (κ1) is 14.8. The molecule has 1 aliphatic rings. The molecule has 3 amide bonds. The number of rotatable bonds is 1. The first-order valence-corrected chi connectivity index (χ1v) is 6.62. The molecule has 1 saturated heterocycles. The fourth-order valence-electron chi connectivity index (χ4n) is 2.14. The van der Waals surface area contributed by atoms with Gasteiger partial charge in [-0.1, -0.05) is 6.07 Å². The number of phenols is 1. The topological polar surface area (TPSA) is 90.0 Å². The van der Waals surface area contributed by atoms with E-state index in [1.165, 1.54) is 24.0 Å². The number of phenolic OH excluding ortho intramolecular Hbond substituents is 1. The number of benzene rings is 1. The maximum Gasteiger partial charge on any atom is 0.313 e. The molecule has 1 aliphatic heterocycles. The van der Waals surface area contributed by atoms with Crippen LogP contribution in [0.1, 0.15) is 6.92 Å². The van der Waals surface area contributed by atoms with Crippen molar-refractivity contribution in [2.45, 2.75) is 6.92 Å². The molecule has 1 heterocycles. The predicted molar refractivity (Wildman–Crippen MR) is 75.6 cm³/mol. The Hall–Kier alpha value is -2.57. The summed E-state index contributed by atoms with van der Waals surface area (Å²) in [4.78, 5) is 38.1. The Morgan fingerprint density at radius 3 is 2.29 bits per heavy atom. The largest absolute Gasteiger partial charge is 0.508 e. The fourth-order valence-corrected chi connectivity index (χ4v) is 2.14. The highest BCUT2D eigenvalue weighted by Crippen LogP contribution is 2.15. The summed E-state index contributed by atoms with van der Waals surface area (Å²) in [5.41, 5.74) is 0.357. The number of carbonyl (C=O) groups is 3. The average Bonchev–Trinajstić information content (AvgIpc) is 2.46. The predicted octanol–water partition coefficient (Wildman–Crippen LogP) is 0.0214. The van der Waals surface area contributed by atoms with Crippen LogP contribution in [0, 0.1) is 0 Å². The molecule has 1 aromatic rings. The molecule has 7 nitrogen and oxygen atoms in total. The number of hydrogen-bond donors (Lipinski definition) is 2. The van der Waals surface area contributed by atoms with Gasteiger partial charge in [0.05, 0.1) is 0 Å². The molecule has 0 radical (unpaired) electrons. The van der Waals surface area contributed by atoms with Gasteiger partial charge in [-0.15, -0.1) is 0 Å². The minimum Gasteiger partial charge on any atom is -0.508 e. The van der Waals surface area contributed by atoms with Crippen LogP contribution in [0.3, 0.4) is 0 Å². The smallest absolute Gasteiger partial charge is 0.313 e. The summed E-state index contributed by atoms with van der Waals surface area (Å²) in [5, 5.41) is 11.8. The molecule has 0 aliphatic carbocycles. The highest BCUT2D eigenvalue weighted by molar-refractivity contribution is 6.39. The Balaban J connectivity index is 1.91. The quantitative estimate of drug-likeness (QED) is 0.714. The van der Waals surface area contributed by atoms with Gasteiger partial charge in [0.2, 0.25) is 5.91 Å². The lowest BCUT2D eigenvalue weighted by atomic mass is 10.2. The molecule has 2 N–H and O–H groups in total. The molecule has 2 rings (SSSR count). The molecule has 0 unspecified atom stereocenters. The van der Waals surface area contributed by atoms with Crippen molar-refractivity contribution >= 4 is 23.4 Å². The van der Waals surface area contributed by atoms with Crippen molar-refractivity contribution in [2.75, 3.05) is 31.5 Å². The van der Waals surface area contributed by atoms with Crippen LogP contribution in [0.2, 0.25) is 0 Å². The molecular formula is C14H17N3O4. The third kappa shape index (κ3) is 3.71. The van der Waals surface area contributed by atoms with Crippen LogP contribution in [0.4, 0.5) is 5.69 Å². The van der Waals surface area contributed by atoms with Gasteiger partial charge in [0.15, 0.2) is 0 Å². The summed E-state index contributed by atoms with van der Waals surface area (Å²) >= 11 is 0. The lowest BCUT2D eigenvalue weighted by molar-refractivity contribution is -0.145. The van der Waals surface area contributed by atoms with Crippen LogP contribution in [-0.4, -0.2) is 58.8 Å². The molecule has 7 heteroatoms. The standard InChI is InChI=1S/C14H17N3O4/c1-10(18)16-5-7-17(8-6-16)14(21)13(20)15-11-3-2-4-12(19)9-11/h2-4,9,19H,5-8H2,1H3,(H,15,20). The second-order valence-corrected chi connectivity index (χ2v) is 4.80. The van der Waals surface area contributed by atoms with Crippen LogP contribution < -0.4 is 5.32 Å². The number of carbonyl (C=O) groups excluding carboxylic acids is 3. The van der Waals surface area contributed by atoms with E-state index in [9.17, 15) is 19.5 Å². The monoisotopic (exact) mass is 291 g/mol. The Bertz CT molecular complexity index is 565. The van der Waals surface area contributed by atoms with E-state index in [0.717, 1.165) is 0 Å². The van der Waals surface area contributed by atoms with Crippen LogP contribution in [0.5, 0.6) is 5.75 Å². The molecule has 0 aromatic heterocycles. The van der Waals surface area contributed by atoms with Gasteiger partial charge < -0.3 is 20.2 Å². The lowest BCUT2D eigenvalue weighted by Crippen LogP contribution is -2.52. The number of amides is 3. The van der Waals surface area contributed by atoms with Crippen molar-refractivity contribution in [3.63, 3.8) is 0 Å². The summed E-state index contributed by atoms with van der Waals surface area (Å²) in [7, 11) is 0. The highest BCUT2D eigenvalue weighted by Gasteiger charge is 2.26. The summed E-state index contributed by atoms with van der Waals surface area (Å²) in [6.45, 7) is 3.02. The van der Waals surface area contributed by atoms with E-state index in [2.05, 4.69) is 5.32 Å². The molecule has 0 atom stereocenters. The number of nitrogens with zero attached hydrogens (tertiary/aromatic N) is 2. The van der Waals surface area contributed by atoms with Gasteiger partial charge in [0.25, 0.3) is 0 Å². The van der Waals surface area contributed by atoms with E-state index in [1.54, 1.807) is 17.0 Å². The average molecular weight is 291 g/mol. The van der Waals surface area contributed by atoms with Gasteiger partial charge in [0.1, 0.15) is 5.75 Å². The number of anilines is 1. The van der Waals surface area contributed by atoms with Crippen molar-refractivity contribution in [3.8, 4) is 5.75 Å². The number of aromatic hydroxyl groups is 1. The zero-order chi connectivity index (χ0) is 15.4. The maximum absolute atomic E-state index is 12.0. The second kappa shape index (κ2) is 6.25. The van der Waals surface area contributed by atoms with Crippen LogP contribution in [0.25, 0.3) is 0 Å². The van der Waals surface area contributed by atoms with Gasteiger partial charge in [-0.3, -0.25) is 14.4 Å². The SMILES string of the molecule is CC(=O)N1CCN(C(=O)C(=O)Nc2cccc(O)c2)CC1. The molecule has 1 fully saturated rings. The summed E-state index contributed by atoms with van der Waals surface area (Å²) in [6.07, 6.45) is 0. The Kier molecular flexibility index (Phi) is 4.42. The Morgan fingerprint density at radius 1 is 1.10 bits per heavy atom. The minimum absolute atomic E-state index is 0.00956. The minimum atomic E-state index is -0.753. The molecule has 0 saturated carbocycles. The summed E-state index contributed by atoms with van der Waals surface area (Å²) < 4.78 is 0. The van der Waals surface area contributed by atoms with Crippen molar-refractivity contribution in [1.29, 1.82) is 0 Å². The highest BCUT2D eigenvalue weighted by atomic mass is 16.3. The normalized spacial score (nSPS) is 14.7. The van der Waals surface area contributed by atoms with Crippen molar-refractivity contribution in [1.82, 2.24) is 9.80 Å². The Labute approximate surface area is 122 Å². The summed E-state index contributed by atoms with van der Waals surface area (Å²) in [5.74, 6) is -1.42.